The average molecular weight is 357 g/mol. The summed E-state index contributed by atoms with van der Waals surface area (Å²) in [6.07, 6.45) is 2.75. The number of aryl methyl sites for hydroxylation is 1. The number of nitrogens with one attached hydrogen (secondary N) is 1. The predicted octanol–water partition coefficient (Wildman–Crippen LogP) is 3.73. The zero-order valence-electron chi connectivity index (χ0n) is 14.6. The van der Waals surface area contributed by atoms with Gasteiger partial charge in [-0.15, -0.1) is 0 Å². The predicted molar refractivity (Wildman–Crippen MR) is 97.4 cm³/mol. The van der Waals surface area contributed by atoms with Gasteiger partial charge in [0.1, 0.15) is 11.6 Å². The van der Waals surface area contributed by atoms with Gasteiger partial charge in [-0.05, 0) is 43.7 Å². The Labute approximate surface area is 151 Å². The monoisotopic (exact) mass is 357 g/mol. The van der Waals surface area contributed by atoms with Crippen molar-refractivity contribution >= 4 is 23.6 Å². The summed E-state index contributed by atoms with van der Waals surface area (Å²) in [5, 5.41) is 2.36. The maximum absolute atomic E-state index is 13.7. The highest BCUT2D eigenvalue weighted by Crippen LogP contribution is 2.19. The number of carbonyl (C=O) groups excluding carboxylic acids is 2. The lowest BCUT2D eigenvalue weighted by atomic mass is 10.2. The van der Waals surface area contributed by atoms with Gasteiger partial charge in [-0.25, -0.2) is 9.18 Å². The fourth-order valence-electron chi connectivity index (χ4n) is 2.16. The number of para-hydroxylation sites is 1. The standard InChI is InChI=1S/C20H20FNO4/c1-3-25-18-7-5-4-6-15(18)9-11-20(24)26-13-19(23)22-17-10-8-14(2)12-16(17)21/h4-12H,3,13H2,1-2H3,(H,22,23)/b11-9+. The minimum absolute atomic E-state index is 0.0397. The zero-order chi connectivity index (χ0) is 18.9. The van der Waals surface area contributed by atoms with Crippen molar-refractivity contribution in [3.63, 3.8) is 0 Å². The molecule has 1 amide bonds. The molecule has 0 saturated heterocycles. The molecule has 0 spiro atoms. The number of rotatable bonds is 7. The van der Waals surface area contributed by atoms with E-state index in [1.165, 1.54) is 18.2 Å². The SMILES string of the molecule is CCOc1ccccc1/C=C/C(=O)OCC(=O)Nc1ccc(C)cc1F. The van der Waals surface area contributed by atoms with Crippen LogP contribution in [0.4, 0.5) is 10.1 Å². The molecular formula is C20H20FNO4. The normalized spacial score (nSPS) is 10.6. The zero-order valence-corrected chi connectivity index (χ0v) is 14.6. The Morgan fingerprint density at radius 3 is 2.69 bits per heavy atom. The number of benzene rings is 2. The lowest BCUT2D eigenvalue weighted by molar-refractivity contribution is -0.142. The van der Waals surface area contributed by atoms with Gasteiger partial charge in [0.2, 0.25) is 0 Å². The second-order valence-corrected chi connectivity index (χ2v) is 5.44. The molecule has 0 atom stereocenters. The molecule has 0 unspecified atom stereocenters. The topological polar surface area (TPSA) is 64.6 Å². The van der Waals surface area contributed by atoms with E-state index >= 15 is 0 Å². The summed E-state index contributed by atoms with van der Waals surface area (Å²) in [7, 11) is 0. The first-order valence-corrected chi connectivity index (χ1v) is 8.12. The molecule has 0 aliphatic carbocycles. The lowest BCUT2D eigenvalue weighted by Gasteiger charge is -2.07. The van der Waals surface area contributed by atoms with Gasteiger partial charge in [-0.3, -0.25) is 4.79 Å². The Hall–Kier alpha value is -3.15. The number of amides is 1. The van der Waals surface area contributed by atoms with Gasteiger partial charge < -0.3 is 14.8 Å². The number of hydrogen-bond acceptors (Lipinski definition) is 4. The molecule has 0 radical (unpaired) electrons. The number of hydrogen-bond donors (Lipinski definition) is 1. The fourth-order valence-corrected chi connectivity index (χ4v) is 2.16. The maximum atomic E-state index is 13.7. The van der Waals surface area contributed by atoms with E-state index in [-0.39, 0.29) is 5.69 Å². The van der Waals surface area contributed by atoms with E-state index in [2.05, 4.69) is 5.32 Å². The largest absolute Gasteiger partial charge is 0.493 e. The summed E-state index contributed by atoms with van der Waals surface area (Å²) >= 11 is 0. The van der Waals surface area contributed by atoms with Crippen LogP contribution in [0.5, 0.6) is 5.75 Å². The first-order valence-electron chi connectivity index (χ1n) is 8.12. The molecule has 0 aliphatic heterocycles. The quantitative estimate of drug-likeness (QED) is 0.606. The third-order valence-corrected chi connectivity index (χ3v) is 3.36. The minimum atomic E-state index is -0.684. The molecule has 0 saturated carbocycles. The lowest BCUT2D eigenvalue weighted by Crippen LogP contribution is -2.20. The van der Waals surface area contributed by atoms with E-state index < -0.39 is 24.3 Å². The van der Waals surface area contributed by atoms with Crippen molar-refractivity contribution in [2.45, 2.75) is 13.8 Å². The van der Waals surface area contributed by atoms with Gasteiger partial charge in [0.05, 0.1) is 12.3 Å². The van der Waals surface area contributed by atoms with E-state index in [0.29, 0.717) is 12.4 Å². The van der Waals surface area contributed by atoms with E-state index in [0.717, 1.165) is 11.1 Å². The van der Waals surface area contributed by atoms with Gasteiger partial charge >= 0.3 is 5.97 Å². The van der Waals surface area contributed by atoms with Crippen LogP contribution in [-0.4, -0.2) is 25.1 Å². The molecule has 2 aromatic rings. The Balaban J connectivity index is 1.87. The number of carbonyl (C=O) groups is 2. The van der Waals surface area contributed by atoms with E-state index in [1.807, 2.05) is 19.1 Å². The Kier molecular flexibility index (Phi) is 6.91. The Morgan fingerprint density at radius 2 is 1.96 bits per heavy atom. The van der Waals surface area contributed by atoms with Crippen LogP contribution >= 0.6 is 0 Å². The second-order valence-electron chi connectivity index (χ2n) is 5.44. The van der Waals surface area contributed by atoms with E-state index in [1.54, 1.807) is 31.2 Å². The van der Waals surface area contributed by atoms with E-state index in [4.69, 9.17) is 9.47 Å². The number of ether oxygens (including phenoxy) is 2. The van der Waals surface area contributed by atoms with Gasteiger partial charge in [-0.1, -0.05) is 24.3 Å². The van der Waals surface area contributed by atoms with E-state index in [9.17, 15) is 14.0 Å². The Bertz CT molecular complexity index is 817. The van der Waals surface area contributed by atoms with Crippen LogP contribution in [0.25, 0.3) is 6.08 Å². The summed E-state index contributed by atoms with van der Waals surface area (Å²) in [5.41, 5.74) is 1.50. The molecule has 2 aromatic carbocycles. The maximum Gasteiger partial charge on any atom is 0.331 e. The minimum Gasteiger partial charge on any atom is -0.493 e. The summed E-state index contributed by atoms with van der Waals surface area (Å²) in [4.78, 5) is 23.5. The van der Waals surface area contributed by atoms with Crippen LogP contribution < -0.4 is 10.1 Å². The summed E-state index contributed by atoms with van der Waals surface area (Å²) in [5.74, 6) is -1.20. The molecule has 2 rings (SSSR count). The molecule has 0 aromatic heterocycles. The smallest absolute Gasteiger partial charge is 0.331 e. The number of anilines is 1. The molecule has 136 valence electrons. The number of esters is 1. The van der Waals surface area contributed by atoms with Crippen molar-refractivity contribution in [3.8, 4) is 5.75 Å². The highest BCUT2D eigenvalue weighted by molar-refractivity contribution is 5.94. The van der Waals surface area contributed by atoms with Crippen LogP contribution in [0.3, 0.4) is 0 Å². The molecule has 0 bridgehead atoms. The highest BCUT2D eigenvalue weighted by Gasteiger charge is 2.09. The molecular weight excluding hydrogens is 337 g/mol. The van der Waals surface area contributed by atoms with Crippen molar-refractivity contribution in [1.82, 2.24) is 0 Å². The molecule has 5 nitrogen and oxygen atoms in total. The highest BCUT2D eigenvalue weighted by atomic mass is 19.1. The molecule has 6 heteroatoms. The van der Waals surface area contributed by atoms with Crippen molar-refractivity contribution in [1.29, 1.82) is 0 Å². The van der Waals surface area contributed by atoms with Crippen molar-refractivity contribution in [2.75, 3.05) is 18.5 Å². The van der Waals surface area contributed by atoms with Crippen LogP contribution in [0.1, 0.15) is 18.1 Å². The van der Waals surface area contributed by atoms with Crippen LogP contribution in [0, 0.1) is 12.7 Å². The van der Waals surface area contributed by atoms with Gasteiger partial charge in [0, 0.05) is 11.6 Å². The molecule has 0 aliphatic rings. The van der Waals surface area contributed by atoms with Crippen LogP contribution in [0.2, 0.25) is 0 Å². The van der Waals surface area contributed by atoms with Crippen molar-refractivity contribution < 1.29 is 23.5 Å². The van der Waals surface area contributed by atoms with Crippen molar-refractivity contribution in [2.24, 2.45) is 0 Å². The summed E-state index contributed by atoms with van der Waals surface area (Å²) < 4.78 is 24.0. The molecule has 26 heavy (non-hydrogen) atoms. The molecule has 0 fully saturated rings. The average Bonchev–Trinajstić information content (AvgIpc) is 2.62. The Morgan fingerprint density at radius 1 is 1.19 bits per heavy atom. The van der Waals surface area contributed by atoms with Crippen LogP contribution in [-0.2, 0) is 14.3 Å². The second kappa shape index (κ2) is 9.36. The van der Waals surface area contributed by atoms with Gasteiger partial charge in [-0.2, -0.15) is 0 Å². The van der Waals surface area contributed by atoms with Gasteiger partial charge in [0.25, 0.3) is 5.91 Å². The van der Waals surface area contributed by atoms with Crippen molar-refractivity contribution in [3.05, 3.63) is 65.5 Å². The first-order chi connectivity index (χ1) is 12.5. The number of halogens is 1. The third kappa shape index (κ3) is 5.73. The molecule has 1 N–H and O–H groups in total. The molecule has 0 heterocycles. The summed E-state index contributed by atoms with van der Waals surface area (Å²) in [6, 6.07) is 11.7. The fraction of sp³-hybridized carbons (Fsp3) is 0.200. The first kappa shape index (κ1) is 19.2. The third-order valence-electron chi connectivity index (χ3n) is 3.36. The van der Waals surface area contributed by atoms with Gasteiger partial charge in [0.15, 0.2) is 6.61 Å². The van der Waals surface area contributed by atoms with Crippen LogP contribution in [0.15, 0.2) is 48.5 Å². The summed E-state index contributed by atoms with van der Waals surface area (Å²) in [6.45, 7) is 3.60.